The van der Waals surface area contributed by atoms with E-state index in [1.807, 2.05) is 49.4 Å². The van der Waals surface area contributed by atoms with Gasteiger partial charge in [-0.05, 0) is 37.3 Å². The smallest absolute Gasteiger partial charge is 0.168 e. The molecule has 1 aliphatic rings. The highest BCUT2D eigenvalue weighted by Gasteiger charge is 2.25. The summed E-state index contributed by atoms with van der Waals surface area (Å²) in [5.74, 6) is 2.79. The van der Waals surface area contributed by atoms with Gasteiger partial charge in [0.15, 0.2) is 5.82 Å². The SMILES string of the molecule is CCOc1cccc(-c2nnc3n2-c2ccc(Cl)cc2NC[C@@H]3C)c1. The van der Waals surface area contributed by atoms with Gasteiger partial charge in [-0.25, -0.2) is 0 Å². The lowest BCUT2D eigenvalue weighted by Crippen LogP contribution is -2.09. The molecule has 0 aliphatic carbocycles. The van der Waals surface area contributed by atoms with Crippen molar-refractivity contribution in [1.82, 2.24) is 14.8 Å². The van der Waals surface area contributed by atoms with Gasteiger partial charge >= 0.3 is 0 Å². The second-order valence-corrected chi connectivity index (χ2v) is 6.56. The molecule has 6 heteroatoms. The number of nitrogens with one attached hydrogen (secondary N) is 1. The van der Waals surface area contributed by atoms with Gasteiger partial charge in [-0.15, -0.1) is 10.2 Å². The van der Waals surface area contributed by atoms with Crippen LogP contribution >= 0.6 is 11.6 Å². The Bertz CT molecular complexity index is 922. The van der Waals surface area contributed by atoms with E-state index in [-0.39, 0.29) is 5.92 Å². The van der Waals surface area contributed by atoms with Crippen molar-refractivity contribution in [3.8, 4) is 22.8 Å². The second kappa shape index (κ2) is 6.41. The normalized spacial score (nSPS) is 15.7. The fourth-order valence-electron chi connectivity index (χ4n) is 3.13. The zero-order valence-corrected chi connectivity index (χ0v) is 14.9. The maximum Gasteiger partial charge on any atom is 0.168 e. The molecule has 0 saturated carbocycles. The molecule has 3 aromatic rings. The topological polar surface area (TPSA) is 52.0 Å². The Morgan fingerprint density at radius 2 is 2.12 bits per heavy atom. The van der Waals surface area contributed by atoms with Crippen LogP contribution in [0.5, 0.6) is 5.75 Å². The zero-order valence-electron chi connectivity index (χ0n) is 14.2. The van der Waals surface area contributed by atoms with Crippen LogP contribution in [0.4, 0.5) is 5.69 Å². The Morgan fingerprint density at radius 3 is 2.96 bits per heavy atom. The molecule has 5 nitrogen and oxygen atoms in total. The number of fused-ring (bicyclic) bond motifs is 3. The summed E-state index contributed by atoms with van der Waals surface area (Å²) in [5.41, 5.74) is 2.96. The number of anilines is 1. The van der Waals surface area contributed by atoms with Crippen molar-refractivity contribution in [3.05, 3.63) is 53.3 Å². The highest BCUT2D eigenvalue weighted by molar-refractivity contribution is 6.31. The molecule has 1 atom stereocenters. The molecule has 1 aromatic heterocycles. The Hall–Kier alpha value is -2.53. The van der Waals surface area contributed by atoms with Crippen molar-refractivity contribution in [2.24, 2.45) is 0 Å². The van der Waals surface area contributed by atoms with E-state index < -0.39 is 0 Å². The molecule has 0 amide bonds. The van der Waals surface area contributed by atoms with E-state index in [1.54, 1.807) is 0 Å². The molecular weight excluding hydrogens is 336 g/mol. The number of halogens is 1. The van der Waals surface area contributed by atoms with Gasteiger partial charge in [0.2, 0.25) is 0 Å². The fourth-order valence-corrected chi connectivity index (χ4v) is 3.30. The van der Waals surface area contributed by atoms with Gasteiger partial charge in [-0.2, -0.15) is 0 Å². The lowest BCUT2D eigenvalue weighted by Gasteiger charge is -2.13. The molecule has 128 valence electrons. The van der Waals surface area contributed by atoms with Gasteiger partial charge in [0.1, 0.15) is 11.6 Å². The van der Waals surface area contributed by atoms with Crippen molar-refractivity contribution >= 4 is 17.3 Å². The first-order valence-electron chi connectivity index (χ1n) is 8.39. The molecule has 25 heavy (non-hydrogen) atoms. The Balaban J connectivity index is 1.91. The summed E-state index contributed by atoms with van der Waals surface area (Å²) in [5, 5.41) is 13.1. The van der Waals surface area contributed by atoms with E-state index in [0.717, 1.165) is 40.9 Å². The van der Waals surface area contributed by atoms with Crippen LogP contribution < -0.4 is 10.1 Å². The van der Waals surface area contributed by atoms with Crippen LogP contribution in [-0.2, 0) is 0 Å². The minimum atomic E-state index is 0.225. The maximum atomic E-state index is 6.18. The molecule has 0 bridgehead atoms. The summed E-state index contributed by atoms with van der Waals surface area (Å²) in [6.45, 7) is 5.53. The lowest BCUT2D eigenvalue weighted by molar-refractivity contribution is 0.340. The number of benzene rings is 2. The zero-order chi connectivity index (χ0) is 17.4. The number of nitrogens with zero attached hydrogens (tertiary/aromatic N) is 3. The first-order chi connectivity index (χ1) is 12.2. The predicted molar refractivity (Wildman–Crippen MR) is 99.9 cm³/mol. The molecular formula is C19H19ClN4O. The lowest BCUT2D eigenvalue weighted by atomic mass is 10.1. The first-order valence-corrected chi connectivity index (χ1v) is 8.77. The largest absolute Gasteiger partial charge is 0.494 e. The second-order valence-electron chi connectivity index (χ2n) is 6.12. The quantitative estimate of drug-likeness (QED) is 0.751. The van der Waals surface area contributed by atoms with Crippen LogP contribution in [0.15, 0.2) is 42.5 Å². The van der Waals surface area contributed by atoms with Crippen LogP contribution in [0.1, 0.15) is 25.6 Å². The van der Waals surface area contributed by atoms with Gasteiger partial charge in [0, 0.05) is 23.0 Å². The first kappa shape index (κ1) is 16.0. The third-order valence-corrected chi connectivity index (χ3v) is 4.57. The predicted octanol–water partition coefficient (Wildman–Crippen LogP) is 4.52. The monoisotopic (exact) mass is 354 g/mol. The number of ether oxygens (including phenoxy) is 1. The van der Waals surface area contributed by atoms with Crippen LogP contribution in [0, 0.1) is 0 Å². The highest BCUT2D eigenvalue weighted by atomic mass is 35.5. The highest BCUT2D eigenvalue weighted by Crippen LogP contribution is 2.35. The summed E-state index contributed by atoms with van der Waals surface area (Å²) in [6.07, 6.45) is 0. The summed E-state index contributed by atoms with van der Waals surface area (Å²) in [6, 6.07) is 13.8. The van der Waals surface area contributed by atoms with Gasteiger partial charge in [-0.1, -0.05) is 30.7 Å². The van der Waals surface area contributed by atoms with Gasteiger partial charge < -0.3 is 10.1 Å². The van der Waals surface area contributed by atoms with Gasteiger partial charge in [-0.3, -0.25) is 4.57 Å². The van der Waals surface area contributed by atoms with Crippen LogP contribution in [-0.4, -0.2) is 27.9 Å². The maximum absolute atomic E-state index is 6.18. The summed E-state index contributed by atoms with van der Waals surface area (Å²) >= 11 is 6.18. The number of rotatable bonds is 3. The Labute approximate surface area is 151 Å². The third-order valence-electron chi connectivity index (χ3n) is 4.33. The molecule has 4 rings (SSSR count). The standard InChI is InChI=1S/C19H19ClN4O/c1-3-25-15-6-4-5-13(9-15)19-23-22-18-12(2)11-21-16-10-14(20)7-8-17(16)24(18)19/h4-10,12,21H,3,11H2,1-2H3/t12-/m0/s1. The molecule has 1 aliphatic heterocycles. The Kier molecular flexibility index (Phi) is 4.09. The van der Waals surface area contributed by atoms with E-state index in [1.165, 1.54) is 0 Å². The van der Waals surface area contributed by atoms with Crippen molar-refractivity contribution in [1.29, 1.82) is 0 Å². The molecule has 0 unspecified atom stereocenters. The molecule has 0 saturated heterocycles. The van der Waals surface area contributed by atoms with E-state index in [2.05, 4.69) is 27.0 Å². The van der Waals surface area contributed by atoms with Crippen LogP contribution in [0.25, 0.3) is 17.1 Å². The summed E-state index contributed by atoms with van der Waals surface area (Å²) in [4.78, 5) is 0. The Morgan fingerprint density at radius 1 is 1.24 bits per heavy atom. The van der Waals surface area contributed by atoms with Gasteiger partial charge in [0.05, 0.1) is 18.0 Å². The van der Waals surface area contributed by atoms with Crippen molar-refractivity contribution in [2.45, 2.75) is 19.8 Å². The van der Waals surface area contributed by atoms with Crippen molar-refractivity contribution in [3.63, 3.8) is 0 Å². The summed E-state index contributed by atoms with van der Waals surface area (Å²) in [7, 11) is 0. The van der Waals surface area contributed by atoms with Gasteiger partial charge in [0.25, 0.3) is 0 Å². The molecule has 2 heterocycles. The number of hydrogen-bond donors (Lipinski definition) is 1. The number of aromatic nitrogens is 3. The van der Waals surface area contributed by atoms with Crippen LogP contribution in [0.2, 0.25) is 5.02 Å². The number of hydrogen-bond acceptors (Lipinski definition) is 4. The van der Waals surface area contributed by atoms with Crippen molar-refractivity contribution < 1.29 is 4.74 Å². The molecule has 0 spiro atoms. The average Bonchev–Trinajstić information content (AvgIpc) is 3.00. The van der Waals surface area contributed by atoms with E-state index in [4.69, 9.17) is 16.3 Å². The van der Waals surface area contributed by atoms with E-state index in [0.29, 0.717) is 11.6 Å². The molecule has 0 fully saturated rings. The van der Waals surface area contributed by atoms with E-state index >= 15 is 0 Å². The molecule has 1 N–H and O–H groups in total. The van der Waals surface area contributed by atoms with E-state index in [9.17, 15) is 0 Å². The minimum Gasteiger partial charge on any atom is -0.494 e. The fraction of sp³-hybridized carbons (Fsp3) is 0.263. The summed E-state index contributed by atoms with van der Waals surface area (Å²) < 4.78 is 7.74. The molecule has 2 aromatic carbocycles. The third kappa shape index (κ3) is 2.85. The van der Waals surface area contributed by atoms with Crippen molar-refractivity contribution in [2.75, 3.05) is 18.5 Å². The minimum absolute atomic E-state index is 0.225. The van der Waals surface area contributed by atoms with Crippen LogP contribution in [0.3, 0.4) is 0 Å². The molecule has 0 radical (unpaired) electrons. The average molecular weight is 355 g/mol.